The fourth-order valence-electron chi connectivity index (χ4n) is 1.12. The molecule has 17 heavy (non-hydrogen) atoms. The first kappa shape index (κ1) is 13.4. The molecule has 8 N–H and O–H groups in total. The van der Waals surface area contributed by atoms with Gasteiger partial charge in [0.05, 0.1) is 5.75 Å². The van der Waals surface area contributed by atoms with Gasteiger partial charge in [-0.2, -0.15) is 9.97 Å². The lowest BCUT2D eigenvalue weighted by molar-refractivity contribution is 0.595. The number of nitrogens with zero attached hydrogens (tertiary/aromatic N) is 2. The summed E-state index contributed by atoms with van der Waals surface area (Å²) in [5, 5.41) is 7.74. The Morgan fingerprint density at radius 2 is 1.94 bits per heavy atom. The van der Waals surface area contributed by atoms with Crippen LogP contribution in [0.4, 0.5) is 17.6 Å². The van der Waals surface area contributed by atoms with Crippen LogP contribution in [-0.4, -0.2) is 30.7 Å². The molecule has 1 aromatic rings. The smallest absolute Gasteiger partial charge is 0.223 e. The van der Waals surface area contributed by atoms with Gasteiger partial charge in [0.25, 0.3) is 0 Å². The van der Waals surface area contributed by atoms with Crippen molar-refractivity contribution in [2.24, 2.45) is 11.0 Å². The number of hydrazine groups is 1. The van der Waals surface area contributed by atoms with E-state index in [4.69, 9.17) is 16.7 Å². The Morgan fingerprint density at radius 1 is 1.29 bits per heavy atom. The Labute approximate surface area is 98.8 Å². The molecule has 0 bridgehead atoms. The number of nitrogens with two attached hydrogens (primary N) is 3. The van der Waals surface area contributed by atoms with E-state index in [1.165, 1.54) is 0 Å². The molecule has 10 heteroatoms. The molecule has 1 aromatic heterocycles. The van der Waals surface area contributed by atoms with Crippen molar-refractivity contribution >= 4 is 27.6 Å². The molecule has 96 valence electrons. The lowest BCUT2D eigenvalue weighted by Crippen LogP contribution is -2.19. The van der Waals surface area contributed by atoms with Crippen molar-refractivity contribution in [3.05, 3.63) is 6.07 Å². The summed E-state index contributed by atoms with van der Waals surface area (Å²) >= 11 is 0. The molecule has 0 aliphatic heterocycles. The molecular weight excluding hydrogens is 246 g/mol. The zero-order valence-electron chi connectivity index (χ0n) is 9.05. The van der Waals surface area contributed by atoms with Gasteiger partial charge in [-0.05, 0) is 6.42 Å². The van der Waals surface area contributed by atoms with Gasteiger partial charge in [-0.3, -0.25) is 0 Å². The molecule has 1 heterocycles. The Hall–Kier alpha value is -1.65. The van der Waals surface area contributed by atoms with Crippen LogP contribution in [0.3, 0.4) is 0 Å². The molecule has 0 amide bonds. The second-order valence-corrected chi connectivity index (χ2v) is 5.02. The first-order chi connectivity index (χ1) is 7.90. The number of nitrogens with one attached hydrogen (secondary N) is 2. The van der Waals surface area contributed by atoms with Crippen LogP contribution in [0.1, 0.15) is 6.42 Å². The van der Waals surface area contributed by atoms with E-state index in [0.717, 1.165) is 0 Å². The second kappa shape index (κ2) is 5.61. The van der Waals surface area contributed by atoms with Crippen LogP contribution in [0.2, 0.25) is 0 Å². The summed E-state index contributed by atoms with van der Waals surface area (Å²) in [4.78, 5) is 7.69. The Kier molecular flexibility index (Phi) is 4.43. The zero-order valence-corrected chi connectivity index (χ0v) is 9.87. The summed E-state index contributed by atoms with van der Waals surface area (Å²) in [7, 11) is -3.43. The number of hydrogen-bond donors (Lipinski definition) is 5. The molecule has 0 aliphatic rings. The predicted molar refractivity (Wildman–Crippen MR) is 65.3 cm³/mol. The first-order valence-corrected chi connectivity index (χ1v) is 6.48. The molecule has 0 spiro atoms. The van der Waals surface area contributed by atoms with Gasteiger partial charge < -0.3 is 16.5 Å². The van der Waals surface area contributed by atoms with Crippen LogP contribution in [0.25, 0.3) is 0 Å². The quantitative estimate of drug-likeness (QED) is 0.233. The third kappa shape index (κ3) is 5.29. The van der Waals surface area contributed by atoms with E-state index >= 15 is 0 Å². The maximum absolute atomic E-state index is 10.7. The van der Waals surface area contributed by atoms with Crippen molar-refractivity contribution in [1.82, 2.24) is 9.97 Å². The average Bonchev–Trinajstić information content (AvgIpc) is 2.22. The summed E-state index contributed by atoms with van der Waals surface area (Å²) in [5.74, 6) is 5.97. The third-order valence-electron chi connectivity index (χ3n) is 1.80. The van der Waals surface area contributed by atoms with E-state index in [1.54, 1.807) is 6.07 Å². The van der Waals surface area contributed by atoms with Crippen LogP contribution in [0.15, 0.2) is 6.07 Å². The highest BCUT2D eigenvalue weighted by Gasteiger charge is 2.03. The van der Waals surface area contributed by atoms with Gasteiger partial charge in [0.15, 0.2) is 0 Å². The molecule has 0 saturated carbocycles. The molecule has 0 saturated heterocycles. The molecule has 0 aromatic carbocycles. The largest absolute Gasteiger partial charge is 0.370 e. The van der Waals surface area contributed by atoms with E-state index in [1.807, 2.05) is 0 Å². The van der Waals surface area contributed by atoms with Gasteiger partial charge >= 0.3 is 0 Å². The molecule has 0 fully saturated rings. The summed E-state index contributed by atoms with van der Waals surface area (Å²) in [6.45, 7) is 0.400. The topological polar surface area (TPSA) is 162 Å². The summed E-state index contributed by atoms with van der Waals surface area (Å²) in [6, 6.07) is 1.55. The lowest BCUT2D eigenvalue weighted by Gasteiger charge is -2.07. The van der Waals surface area contributed by atoms with Crippen molar-refractivity contribution in [3.63, 3.8) is 0 Å². The SMILES string of the molecule is NNc1cc(NCCCS(N)(=O)=O)nc(N)n1. The number of rotatable bonds is 6. The zero-order chi connectivity index (χ0) is 12.9. The van der Waals surface area contributed by atoms with E-state index in [-0.39, 0.29) is 11.7 Å². The number of anilines is 3. The molecule has 9 nitrogen and oxygen atoms in total. The van der Waals surface area contributed by atoms with Gasteiger partial charge in [-0.25, -0.2) is 19.4 Å². The van der Waals surface area contributed by atoms with Crippen molar-refractivity contribution in [2.45, 2.75) is 6.42 Å². The van der Waals surface area contributed by atoms with E-state index in [2.05, 4.69) is 20.7 Å². The molecule has 0 atom stereocenters. The first-order valence-electron chi connectivity index (χ1n) is 4.76. The van der Waals surface area contributed by atoms with Crippen molar-refractivity contribution in [3.8, 4) is 0 Å². The van der Waals surface area contributed by atoms with Crippen molar-refractivity contribution < 1.29 is 8.42 Å². The van der Waals surface area contributed by atoms with Gasteiger partial charge in [0.1, 0.15) is 11.6 Å². The molecule has 1 rings (SSSR count). The number of sulfonamides is 1. The third-order valence-corrected chi connectivity index (χ3v) is 2.66. The maximum atomic E-state index is 10.7. The van der Waals surface area contributed by atoms with Crippen LogP contribution in [-0.2, 0) is 10.0 Å². The Bertz CT molecular complexity index is 475. The van der Waals surface area contributed by atoms with Gasteiger partial charge in [-0.15, -0.1) is 0 Å². The number of hydrogen-bond acceptors (Lipinski definition) is 8. The van der Waals surface area contributed by atoms with Gasteiger partial charge in [0, 0.05) is 12.6 Å². The lowest BCUT2D eigenvalue weighted by atomic mass is 10.4. The second-order valence-electron chi connectivity index (χ2n) is 3.29. The van der Waals surface area contributed by atoms with Crippen LogP contribution in [0.5, 0.6) is 0 Å². The molecule has 0 aliphatic carbocycles. The van der Waals surface area contributed by atoms with Crippen molar-refractivity contribution in [1.29, 1.82) is 0 Å². The standard InChI is InChI=1S/C7H15N7O2S/c8-7-12-5(4-6(13-7)14-9)11-2-1-3-17(10,15)16/h4H,1-3,9H2,(H2,10,15,16)(H4,8,11,12,13,14). The van der Waals surface area contributed by atoms with Crippen LogP contribution in [0, 0.1) is 0 Å². The minimum Gasteiger partial charge on any atom is -0.370 e. The number of aromatic nitrogens is 2. The Balaban J connectivity index is 2.49. The highest BCUT2D eigenvalue weighted by atomic mass is 32.2. The fourth-order valence-corrected chi connectivity index (χ4v) is 1.67. The Morgan fingerprint density at radius 3 is 2.53 bits per heavy atom. The van der Waals surface area contributed by atoms with Gasteiger partial charge in [-0.1, -0.05) is 0 Å². The van der Waals surface area contributed by atoms with E-state index in [9.17, 15) is 8.42 Å². The predicted octanol–water partition coefficient (Wildman–Crippen LogP) is -1.57. The van der Waals surface area contributed by atoms with Gasteiger partial charge in [0.2, 0.25) is 16.0 Å². The fraction of sp³-hybridized carbons (Fsp3) is 0.429. The highest BCUT2D eigenvalue weighted by Crippen LogP contribution is 2.10. The van der Waals surface area contributed by atoms with E-state index in [0.29, 0.717) is 24.6 Å². The van der Waals surface area contributed by atoms with Crippen molar-refractivity contribution in [2.75, 3.05) is 28.8 Å². The molecule has 0 radical (unpaired) electrons. The van der Waals surface area contributed by atoms with Crippen LogP contribution >= 0.6 is 0 Å². The minimum atomic E-state index is -3.43. The highest BCUT2D eigenvalue weighted by molar-refractivity contribution is 7.89. The molecular formula is C7H15N7O2S. The van der Waals surface area contributed by atoms with E-state index < -0.39 is 10.0 Å². The summed E-state index contributed by atoms with van der Waals surface area (Å²) in [6.07, 6.45) is 0.369. The monoisotopic (exact) mass is 261 g/mol. The number of primary sulfonamides is 1. The normalized spacial score (nSPS) is 11.2. The minimum absolute atomic E-state index is 0.0643. The average molecular weight is 261 g/mol. The summed E-state index contributed by atoms with van der Waals surface area (Å²) in [5.41, 5.74) is 7.77. The number of nitrogen functional groups attached to an aromatic ring is 2. The maximum Gasteiger partial charge on any atom is 0.223 e. The summed E-state index contributed by atoms with van der Waals surface area (Å²) < 4.78 is 21.3. The molecule has 0 unspecified atom stereocenters. The van der Waals surface area contributed by atoms with Crippen LogP contribution < -0.4 is 27.5 Å².